The molecule has 0 amide bonds. The summed E-state index contributed by atoms with van der Waals surface area (Å²) in [5.74, 6) is -1.02. The molecule has 2 aromatic carbocycles. The highest BCUT2D eigenvalue weighted by atomic mass is 32.1. The lowest BCUT2D eigenvalue weighted by Gasteiger charge is -1.97. The molecule has 0 radical (unpaired) electrons. The first-order valence-corrected chi connectivity index (χ1v) is 6.43. The molecule has 3 rings (SSSR count). The summed E-state index contributed by atoms with van der Waals surface area (Å²) in [7, 11) is 0. The zero-order chi connectivity index (χ0) is 13.2. The first-order chi connectivity index (χ1) is 9.24. The van der Waals surface area contributed by atoms with Gasteiger partial charge in [0.2, 0.25) is 0 Å². The SMILES string of the molecule is Oc1ccc(-c2nnc(-c3ccccc3)s2)cc1F. The number of hydrogen-bond donors (Lipinski definition) is 1. The van der Waals surface area contributed by atoms with Crippen molar-refractivity contribution < 1.29 is 9.50 Å². The van der Waals surface area contributed by atoms with Gasteiger partial charge in [-0.15, -0.1) is 10.2 Å². The van der Waals surface area contributed by atoms with Gasteiger partial charge < -0.3 is 5.11 Å². The average molecular weight is 272 g/mol. The number of halogens is 1. The second-order valence-corrected chi connectivity index (χ2v) is 4.92. The number of nitrogens with zero attached hydrogens (tertiary/aromatic N) is 2. The number of benzene rings is 2. The van der Waals surface area contributed by atoms with Gasteiger partial charge in [0.05, 0.1) is 0 Å². The van der Waals surface area contributed by atoms with E-state index < -0.39 is 5.82 Å². The van der Waals surface area contributed by atoms with Crippen LogP contribution < -0.4 is 0 Å². The van der Waals surface area contributed by atoms with Crippen LogP contribution in [0.2, 0.25) is 0 Å². The van der Waals surface area contributed by atoms with Crippen molar-refractivity contribution in [2.24, 2.45) is 0 Å². The van der Waals surface area contributed by atoms with Crippen molar-refractivity contribution in [1.29, 1.82) is 0 Å². The largest absolute Gasteiger partial charge is 0.505 e. The second-order valence-electron chi connectivity index (χ2n) is 3.94. The number of rotatable bonds is 2. The number of phenols is 1. The van der Waals surface area contributed by atoms with E-state index in [0.29, 0.717) is 10.6 Å². The Balaban J connectivity index is 1.99. The Morgan fingerprint density at radius 2 is 1.58 bits per heavy atom. The smallest absolute Gasteiger partial charge is 0.165 e. The van der Waals surface area contributed by atoms with Crippen molar-refractivity contribution in [3.8, 4) is 26.9 Å². The fraction of sp³-hybridized carbons (Fsp3) is 0. The van der Waals surface area contributed by atoms with Crippen LogP contribution in [0, 0.1) is 5.82 Å². The molecular weight excluding hydrogens is 263 g/mol. The molecule has 94 valence electrons. The van der Waals surface area contributed by atoms with Crippen molar-refractivity contribution in [2.75, 3.05) is 0 Å². The van der Waals surface area contributed by atoms with Gasteiger partial charge in [0, 0.05) is 11.1 Å². The van der Waals surface area contributed by atoms with Crippen molar-refractivity contribution in [2.45, 2.75) is 0 Å². The number of phenolic OH excluding ortho intramolecular Hbond substituents is 1. The Bertz CT molecular complexity index is 712. The number of aromatic hydroxyl groups is 1. The van der Waals surface area contributed by atoms with Crippen molar-refractivity contribution in [3.63, 3.8) is 0 Å². The van der Waals surface area contributed by atoms with E-state index in [1.54, 1.807) is 6.07 Å². The molecule has 3 aromatic rings. The normalized spacial score (nSPS) is 10.6. The molecule has 0 saturated heterocycles. The van der Waals surface area contributed by atoms with Gasteiger partial charge in [0.15, 0.2) is 11.6 Å². The zero-order valence-electron chi connectivity index (χ0n) is 9.75. The van der Waals surface area contributed by atoms with E-state index in [9.17, 15) is 4.39 Å². The zero-order valence-corrected chi connectivity index (χ0v) is 10.6. The Hall–Kier alpha value is -2.27. The van der Waals surface area contributed by atoms with Crippen molar-refractivity contribution in [3.05, 3.63) is 54.3 Å². The van der Waals surface area contributed by atoms with Crippen LogP contribution in [-0.4, -0.2) is 15.3 Å². The molecule has 0 fully saturated rings. The summed E-state index contributed by atoms with van der Waals surface area (Å²) in [6.07, 6.45) is 0. The molecule has 0 atom stereocenters. The molecule has 3 nitrogen and oxygen atoms in total. The van der Waals surface area contributed by atoms with Gasteiger partial charge in [-0.05, 0) is 18.2 Å². The summed E-state index contributed by atoms with van der Waals surface area (Å²) in [6.45, 7) is 0. The van der Waals surface area contributed by atoms with E-state index in [4.69, 9.17) is 5.11 Å². The maximum Gasteiger partial charge on any atom is 0.165 e. The van der Waals surface area contributed by atoms with Crippen LogP contribution in [0.1, 0.15) is 0 Å². The summed E-state index contributed by atoms with van der Waals surface area (Å²) in [5, 5.41) is 18.7. The van der Waals surface area contributed by atoms with Crippen molar-refractivity contribution >= 4 is 11.3 Å². The summed E-state index contributed by atoms with van der Waals surface area (Å²) in [5.41, 5.74) is 1.58. The Labute approximate surface area is 113 Å². The van der Waals surface area contributed by atoms with Crippen LogP contribution in [0.4, 0.5) is 4.39 Å². The molecule has 1 heterocycles. The van der Waals surface area contributed by atoms with Crippen LogP contribution in [0.25, 0.3) is 21.1 Å². The quantitative estimate of drug-likeness (QED) is 0.773. The Morgan fingerprint density at radius 1 is 0.895 bits per heavy atom. The number of aromatic nitrogens is 2. The molecule has 0 aliphatic rings. The predicted octanol–water partition coefficient (Wildman–Crippen LogP) is 3.72. The van der Waals surface area contributed by atoms with Crippen LogP contribution in [0.5, 0.6) is 5.75 Å². The molecule has 0 aliphatic heterocycles. The molecule has 1 N–H and O–H groups in total. The van der Waals surface area contributed by atoms with Crippen LogP contribution >= 0.6 is 11.3 Å². The van der Waals surface area contributed by atoms with E-state index in [1.165, 1.54) is 23.5 Å². The molecule has 0 unspecified atom stereocenters. The van der Waals surface area contributed by atoms with Crippen LogP contribution in [-0.2, 0) is 0 Å². The average Bonchev–Trinajstić information content (AvgIpc) is 2.93. The summed E-state index contributed by atoms with van der Waals surface area (Å²) in [6, 6.07) is 13.9. The summed E-state index contributed by atoms with van der Waals surface area (Å²) >= 11 is 1.38. The fourth-order valence-corrected chi connectivity index (χ4v) is 2.52. The van der Waals surface area contributed by atoms with Gasteiger partial charge in [-0.1, -0.05) is 41.7 Å². The molecule has 0 bridgehead atoms. The second kappa shape index (κ2) is 4.78. The molecule has 0 spiro atoms. The van der Waals surface area contributed by atoms with Crippen molar-refractivity contribution in [1.82, 2.24) is 10.2 Å². The lowest BCUT2D eigenvalue weighted by molar-refractivity contribution is 0.432. The van der Waals surface area contributed by atoms with Gasteiger partial charge >= 0.3 is 0 Å². The lowest BCUT2D eigenvalue weighted by atomic mass is 10.2. The van der Waals surface area contributed by atoms with Crippen LogP contribution in [0.15, 0.2) is 48.5 Å². The third-order valence-electron chi connectivity index (χ3n) is 2.64. The third-order valence-corrected chi connectivity index (χ3v) is 3.66. The van der Waals surface area contributed by atoms with Gasteiger partial charge in [0.1, 0.15) is 10.0 Å². The van der Waals surface area contributed by atoms with Gasteiger partial charge in [-0.2, -0.15) is 0 Å². The Morgan fingerprint density at radius 3 is 2.26 bits per heavy atom. The topological polar surface area (TPSA) is 46.0 Å². The highest BCUT2D eigenvalue weighted by molar-refractivity contribution is 7.17. The minimum atomic E-state index is -0.658. The maximum atomic E-state index is 13.3. The third kappa shape index (κ3) is 2.32. The lowest BCUT2D eigenvalue weighted by Crippen LogP contribution is -1.80. The predicted molar refractivity (Wildman–Crippen MR) is 72.4 cm³/mol. The van der Waals surface area contributed by atoms with E-state index in [-0.39, 0.29) is 5.75 Å². The van der Waals surface area contributed by atoms with E-state index >= 15 is 0 Å². The van der Waals surface area contributed by atoms with Gasteiger partial charge in [-0.3, -0.25) is 0 Å². The molecule has 1 aromatic heterocycles. The number of hydrogen-bond acceptors (Lipinski definition) is 4. The first kappa shape index (κ1) is 11.8. The molecular formula is C14H9FN2OS. The monoisotopic (exact) mass is 272 g/mol. The van der Waals surface area contributed by atoms with Gasteiger partial charge in [0.25, 0.3) is 0 Å². The molecule has 5 heteroatoms. The first-order valence-electron chi connectivity index (χ1n) is 5.62. The maximum absolute atomic E-state index is 13.3. The van der Waals surface area contributed by atoms with Crippen LogP contribution in [0.3, 0.4) is 0 Å². The van der Waals surface area contributed by atoms with E-state index in [1.807, 2.05) is 30.3 Å². The van der Waals surface area contributed by atoms with E-state index in [0.717, 1.165) is 10.6 Å². The van der Waals surface area contributed by atoms with Gasteiger partial charge in [-0.25, -0.2) is 4.39 Å². The minimum Gasteiger partial charge on any atom is -0.505 e. The summed E-state index contributed by atoms with van der Waals surface area (Å²) in [4.78, 5) is 0. The highest BCUT2D eigenvalue weighted by Gasteiger charge is 2.10. The molecule has 0 saturated carbocycles. The fourth-order valence-electron chi connectivity index (χ4n) is 1.68. The minimum absolute atomic E-state index is 0.364. The van der Waals surface area contributed by atoms with E-state index in [2.05, 4.69) is 10.2 Å². The Kier molecular flexibility index (Phi) is 2.97. The molecule has 19 heavy (non-hydrogen) atoms. The highest BCUT2D eigenvalue weighted by Crippen LogP contribution is 2.31. The summed E-state index contributed by atoms with van der Waals surface area (Å²) < 4.78 is 13.3. The standard InChI is InChI=1S/C14H9FN2OS/c15-11-8-10(6-7-12(11)18)14-17-16-13(19-14)9-4-2-1-3-5-9/h1-8,18H. The molecule has 0 aliphatic carbocycles.